The highest BCUT2D eigenvalue weighted by Crippen LogP contribution is 2.35. The van der Waals surface area contributed by atoms with Crippen LogP contribution in [0.1, 0.15) is 30.4 Å². The molecule has 0 unspecified atom stereocenters. The van der Waals surface area contributed by atoms with Crippen LogP contribution in [0.4, 0.5) is 0 Å². The number of piperidine rings is 1. The third kappa shape index (κ3) is 4.61. The van der Waals surface area contributed by atoms with Crippen LogP contribution in [0.15, 0.2) is 48.5 Å². The molecule has 0 aliphatic carbocycles. The SMILES string of the molecule is COc1ccc(CCC(=O)OC2(c3ccccc3)CCNCC2)cc1OC. The zero-order valence-corrected chi connectivity index (χ0v) is 16.0. The Kier molecular flexibility index (Phi) is 6.35. The highest BCUT2D eigenvalue weighted by molar-refractivity contribution is 5.70. The Morgan fingerprint density at radius 1 is 1.00 bits per heavy atom. The Morgan fingerprint density at radius 3 is 2.37 bits per heavy atom. The quantitative estimate of drug-likeness (QED) is 0.758. The highest BCUT2D eigenvalue weighted by Gasteiger charge is 2.37. The van der Waals surface area contributed by atoms with Crippen molar-refractivity contribution >= 4 is 5.97 Å². The summed E-state index contributed by atoms with van der Waals surface area (Å²) in [6, 6.07) is 15.8. The molecule has 0 atom stereocenters. The van der Waals surface area contributed by atoms with Gasteiger partial charge in [0.2, 0.25) is 0 Å². The van der Waals surface area contributed by atoms with Crippen LogP contribution in [0.5, 0.6) is 11.5 Å². The minimum absolute atomic E-state index is 0.171. The van der Waals surface area contributed by atoms with Crippen molar-refractivity contribution in [2.45, 2.75) is 31.3 Å². The normalized spacial score (nSPS) is 15.8. The number of aryl methyl sites for hydroxylation is 1. The van der Waals surface area contributed by atoms with E-state index in [2.05, 4.69) is 5.32 Å². The molecule has 1 heterocycles. The molecule has 3 rings (SSSR count). The first-order valence-electron chi connectivity index (χ1n) is 9.36. The predicted octanol–water partition coefficient (Wildman–Crippen LogP) is 3.46. The molecule has 2 aromatic rings. The van der Waals surface area contributed by atoms with Crippen molar-refractivity contribution in [3.05, 3.63) is 59.7 Å². The molecule has 0 spiro atoms. The highest BCUT2D eigenvalue weighted by atomic mass is 16.6. The molecule has 0 aromatic heterocycles. The zero-order chi connectivity index (χ0) is 19.1. The van der Waals surface area contributed by atoms with E-state index in [1.54, 1.807) is 14.2 Å². The van der Waals surface area contributed by atoms with Crippen molar-refractivity contribution in [1.82, 2.24) is 5.32 Å². The van der Waals surface area contributed by atoms with Gasteiger partial charge < -0.3 is 19.5 Å². The Morgan fingerprint density at radius 2 is 1.70 bits per heavy atom. The standard InChI is InChI=1S/C22H27NO4/c1-25-19-10-8-17(16-20(19)26-2)9-11-21(24)27-22(12-14-23-15-13-22)18-6-4-3-5-7-18/h3-8,10,16,23H,9,11-15H2,1-2H3. The van der Waals surface area contributed by atoms with Gasteiger partial charge in [-0.15, -0.1) is 0 Å². The summed E-state index contributed by atoms with van der Waals surface area (Å²) in [6.07, 6.45) is 2.51. The minimum atomic E-state index is -0.527. The first kappa shape index (κ1) is 19.2. The summed E-state index contributed by atoms with van der Waals surface area (Å²) in [6.45, 7) is 1.69. The maximum Gasteiger partial charge on any atom is 0.307 e. The van der Waals surface area contributed by atoms with Gasteiger partial charge in [-0.3, -0.25) is 4.79 Å². The maximum absolute atomic E-state index is 12.6. The predicted molar refractivity (Wildman–Crippen MR) is 104 cm³/mol. The summed E-state index contributed by atoms with van der Waals surface area (Å²) < 4.78 is 16.6. The molecular formula is C22H27NO4. The first-order valence-corrected chi connectivity index (χ1v) is 9.36. The van der Waals surface area contributed by atoms with Gasteiger partial charge in [0.05, 0.1) is 14.2 Å². The van der Waals surface area contributed by atoms with Gasteiger partial charge in [0, 0.05) is 19.3 Å². The third-order valence-corrected chi connectivity index (χ3v) is 5.09. The number of nitrogens with one attached hydrogen (secondary N) is 1. The van der Waals surface area contributed by atoms with Crippen LogP contribution in [0.3, 0.4) is 0 Å². The summed E-state index contributed by atoms with van der Waals surface area (Å²) in [5, 5.41) is 3.35. The van der Waals surface area contributed by atoms with Gasteiger partial charge in [-0.1, -0.05) is 36.4 Å². The molecule has 2 aromatic carbocycles. The number of esters is 1. The third-order valence-electron chi connectivity index (χ3n) is 5.09. The largest absolute Gasteiger partial charge is 0.493 e. The molecule has 0 saturated carbocycles. The average Bonchev–Trinajstić information content (AvgIpc) is 2.73. The molecule has 1 N–H and O–H groups in total. The van der Waals surface area contributed by atoms with Crippen LogP contribution in [0, 0.1) is 0 Å². The van der Waals surface area contributed by atoms with Crippen molar-refractivity contribution in [2.24, 2.45) is 0 Å². The lowest BCUT2D eigenvalue weighted by Crippen LogP contribution is -2.43. The zero-order valence-electron chi connectivity index (χ0n) is 16.0. The number of benzene rings is 2. The number of carbonyl (C=O) groups is 1. The summed E-state index contributed by atoms with van der Waals surface area (Å²) in [5.74, 6) is 1.18. The van der Waals surface area contributed by atoms with Crippen LogP contribution >= 0.6 is 0 Å². The lowest BCUT2D eigenvalue weighted by molar-refractivity contribution is -0.164. The van der Waals surface area contributed by atoms with E-state index in [1.165, 1.54) is 0 Å². The monoisotopic (exact) mass is 369 g/mol. The molecule has 1 aliphatic rings. The van der Waals surface area contributed by atoms with Gasteiger partial charge in [0.25, 0.3) is 0 Å². The van der Waals surface area contributed by atoms with Gasteiger partial charge in [-0.05, 0) is 42.8 Å². The van der Waals surface area contributed by atoms with Crippen molar-refractivity contribution in [2.75, 3.05) is 27.3 Å². The van der Waals surface area contributed by atoms with Gasteiger partial charge in [0.1, 0.15) is 5.60 Å². The second kappa shape index (κ2) is 8.91. The number of hydrogen-bond donors (Lipinski definition) is 1. The first-order chi connectivity index (χ1) is 13.2. The fraction of sp³-hybridized carbons (Fsp3) is 0.409. The van der Waals surface area contributed by atoms with Gasteiger partial charge in [-0.25, -0.2) is 0 Å². The molecule has 5 heteroatoms. The topological polar surface area (TPSA) is 56.8 Å². The van der Waals surface area contributed by atoms with Gasteiger partial charge >= 0.3 is 5.97 Å². The molecule has 1 fully saturated rings. The second-order valence-electron chi connectivity index (χ2n) is 6.77. The molecule has 5 nitrogen and oxygen atoms in total. The van der Waals surface area contributed by atoms with Crippen LogP contribution in [0.2, 0.25) is 0 Å². The van der Waals surface area contributed by atoms with E-state index in [0.29, 0.717) is 24.3 Å². The number of hydrogen-bond acceptors (Lipinski definition) is 5. The van der Waals surface area contributed by atoms with Crippen LogP contribution in [0.25, 0.3) is 0 Å². The van der Waals surface area contributed by atoms with E-state index in [9.17, 15) is 4.79 Å². The van der Waals surface area contributed by atoms with Crippen LogP contribution < -0.4 is 14.8 Å². The summed E-state index contributed by atoms with van der Waals surface area (Å²) >= 11 is 0. The van der Waals surface area contributed by atoms with Crippen LogP contribution in [-0.2, 0) is 21.6 Å². The van der Waals surface area contributed by atoms with E-state index < -0.39 is 5.60 Å². The smallest absolute Gasteiger partial charge is 0.307 e. The fourth-order valence-corrected chi connectivity index (χ4v) is 3.57. The van der Waals surface area contributed by atoms with Crippen molar-refractivity contribution < 1.29 is 19.0 Å². The second-order valence-corrected chi connectivity index (χ2v) is 6.77. The van der Waals surface area contributed by atoms with E-state index in [1.807, 2.05) is 48.5 Å². The Bertz CT molecular complexity index is 754. The lowest BCUT2D eigenvalue weighted by atomic mass is 9.84. The fourth-order valence-electron chi connectivity index (χ4n) is 3.57. The summed E-state index contributed by atoms with van der Waals surface area (Å²) in [5.41, 5.74) is 1.57. The summed E-state index contributed by atoms with van der Waals surface area (Å²) in [7, 11) is 3.22. The molecule has 0 bridgehead atoms. The molecule has 144 valence electrons. The van der Waals surface area contributed by atoms with Gasteiger partial charge in [0.15, 0.2) is 11.5 Å². The van der Waals surface area contributed by atoms with Crippen molar-refractivity contribution in [3.63, 3.8) is 0 Å². The Labute approximate surface area is 160 Å². The Balaban J connectivity index is 1.67. The lowest BCUT2D eigenvalue weighted by Gasteiger charge is -2.37. The molecule has 1 aliphatic heterocycles. The van der Waals surface area contributed by atoms with Crippen molar-refractivity contribution in [3.8, 4) is 11.5 Å². The number of methoxy groups -OCH3 is 2. The minimum Gasteiger partial charge on any atom is -0.493 e. The molecule has 0 amide bonds. The van der Waals surface area contributed by atoms with E-state index in [0.717, 1.165) is 37.1 Å². The van der Waals surface area contributed by atoms with Crippen LogP contribution in [-0.4, -0.2) is 33.3 Å². The van der Waals surface area contributed by atoms with E-state index in [4.69, 9.17) is 14.2 Å². The Hall–Kier alpha value is -2.53. The van der Waals surface area contributed by atoms with E-state index >= 15 is 0 Å². The average molecular weight is 369 g/mol. The molecule has 1 saturated heterocycles. The molecule has 0 radical (unpaired) electrons. The van der Waals surface area contributed by atoms with Crippen molar-refractivity contribution in [1.29, 1.82) is 0 Å². The molecular weight excluding hydrogens is 342 g/mol. The number of rotatable bonds is 7. The number of carbonyl (C=O) groups excluding carboxylic acids is 1. The summed E-state index contributed by atoms with van der Waals surface area (Å²) in [4.78, 5) is 12.6. The molecule has 27 heavy (non-hydrogen) atoms. The maximum atomic E-state index is 12.6. The number of ether oxygens (including phenoxy) is 3. The van der Waals surface area contributed by atoms with E-state index in [-0.39, 0.29) is 5.97 Å². The van der Waals surface area contributed by atoms with Gasteiger partial charge in [-0.2, -0.15) is 0 Å².